The van der Waals surface area contributed by atoms with Gasteiger partial charge in [-0.3, -0.25) is 4.57 Å². The van der Waals surface area contributed by atoms with E-state index in [-0.39, 0.29) is 12.0 Å². The van der Waals surface area contributed by atoms with Crippen molar-refractivity contribution in [1.82, 2.24) is 4.67 Å². The zero-order chi connectivity index (χ0) is 12.1. The summed E-state index contributed by atoms with van der Waals surface area (Å²) in [5.41, 5.74) is 0. The Morgan fingerprint density at radius 3 is 2.20 bits per heavy atom. The first-order valence-electron chi connectivity index (χ1n) is 5.30. The van der Waals surface area contributed by atoms with E-state index in [1.54, 1.807) is 4.67 Å². The Bertz CT molecular complexity index is 271. The maximum atomic E-state index is 12.2. The summed E-state index contributed by atoms with van der Waals surface area (Å²) in [5, 5.41) is 8.97. The molecular formula is C10H21N2O2P. The average molecular weight is 232 g/mol. The van der Waals surface area contributed by atoms with Crippen LogP contribution in [0.1, 0.15) is 34.6 Å². The fraction of sp³-hybridized carbons (Fsp3) is 0.900. The Morgan fingerprint density at radius 1 is 1.40 bits per heavy atom. The molecule has 0 saturated carbocycles. The summed E-state index contributed by atoms with van der Waals surface area (Å²) in [6.45, 7) is 10.5. The zero-order valence-electron chi connectivity index (χ0n) is 10.2. The zero-order valence-corrected chi connectivity index (χ0v) is 11.1. The summed E-state index contributed by atoms with van der Waals surface area (Å²) < 4.78 is 19.1. The van der Waals surface area contributed by atoms with Crippen molar-refractivity contribution in [3.8, 4) is 5.81 Å². The number of rotatable bonds is 6. The Balaban J connectivity index is 4.69. The van der Waals surface area contributed by atoms with Crippen LogP contribution < -0.4 is 0 Å². The van der Waals surface area contributed by atoms with Gasteiger partial charge in [0.05, 0.1) is 6.61 Å². The molecule has 0 fully saturated rings. The molecule has 0 radical (unpaired) electrons. The van der Waals surface area contributed by atoms with E-state index in [1.165, 1.54) is 0 Å². The van der Waals surface area contributed by atoms with Gasteiger partial charge < -0.3 is 4.52 Å². The number of nitrogens with zero attached hydrogens (tertiary/aromatic N) is 2. The molecule has 0 saturated heterocycles. The minimum Gasteiger partial charge on any atom is -0.307 e. The molecule has 4 nitrogen and oxygen atoms in total. The van der Waals surface area contributed by atoms with Gasteiger partial charge in [-0.25, -0.2) is 4.67 Å². The van der Waals surface area contributed by atoms with Crippen molar-refractivity contribution in [3.63, 3.8) is 0 Å². The summed E-state index contributed by atoms with van der Waals surface area (Å²) in [6, 6.07) is 0.0487. The molecule has 0 bridgehead atoms. The lowest BCUT2D eigenvalue weighted by Gasteiger charge is -2.28. The molecule has 0 aliphatic carbocycles. The van der Waals surface area contributed by atoms with Crippen LogP contribution in [-0.4, -0.2) is 23.9 Å². The molecule has 0 spiro atoms. The highest BCUT2D eigenvalue weighted by molar-refractivity contribution is 7.61. The minimum absolute atomic E-state index is 0.0487. The first-order valence-corrected chi connectivity index (χ1v) is 6.88. The largest absolute Gasteiger partial charge is 0.371 e. The maximum Gasteiger partial charge on any atom is 0.371 e. The lowest BCUT2D eigenvalue weighted by atomic mass is 10.2. The SMILES string of the molecule is CCN(C(C)C)P(=O)(C#N)OCC(C)C. The lowest BCUT2D eigenvalue weighted by molar-refractivity contribution is 0.227. The smallest absolute Gasteiger partial charge is 0.307 e. The van der Waals surface area contributed by atoms with Gasteiger partial charge in [0.15, 0.2) is 5.81 Å². The number of hydrogen-bond donors (Lipinski definition) is 0. The Kier molecular flexibility index (Phi) is 6.12. The van der Waals surface area contributed by atoms with E-state index in [9.17, 15) is 4.57 Å². The predicted molar refractivity (Wildman–Crippen MR) is 61.5 cm³/mol. The van der Waals surface area contributed by atoms with E-state index in [4.69, 9.17) is 9.79 Å². The Morgan fingerprint density at radius 2 is 1.93 bits per heavy atom. The topological polar surface area (TPSA) is 53.3 Å². The van der Waals surface area contributed by atoms with Crippen LogP contribution in [0.15, 0.2) is 0 Å². The second-order valence-corrected chi connectivity index (χ2v) is 6.17. The molecule has 15 heavy (non-hydrogen) atoms. The fourth-order valence-electron chi connectivity index (χ4n) is 1.27. The number of hydrogen-bond acceptors (Lipinski definition) is 3. The molecule has 0 aromatic carbocycles. The molecule has 0 amide bonds. The molecular weight excluding hydrogens is 211 g/mol. The first kappa shape index (κ1) is 14.6. The van der Waals surface area contributed by atoms with E-state index >= 15 is 0 Å². The van der Waals surface area contributed by atoms with Gasteiger partial charge in [-0.2, -0.15) is 5.26 Å². The van der Waals surface area contributed by atoms with Crippen LogP contribution in [0.4, 0.5) is 0 Å². The molecule has 88 valence electrons. The molecule has 0 N–H and O–H groups in total. The summed E-state index contributed by atoms with van der Waals surface area (Å²) >= 11 is 0. The van der Waals surface area contributed by atoms with Crippen LogP contribution in [0.3, 0.4) is 0 Å². The van der Waals surface area contributed by atoms with E-state index < -0.39 is 7.52 Å². The highest BCUT2D eigenvalue weighted by Crippen LogP contribution is 2.50. The van der Waals surface area contributed by atoms with Crippen molar-refractivity contribution in [2.45, 2.75) is 40.7 Å². The summed E-state index contributed by atoms with van der Waals surface area (Å²) in [6.07, 6.45) is 0. The fourth-order valence-corrected chi connectivity index (χ4v) is 3.07. The van der Waals surface area contributed by atoms with Crippen molar-refractivity contribution in [2.75, 3.05) is 13.2 Å². The monoisotopic (exact) mass is 232 g/mol. The normalized spacial score (nSPS) is 15.7. The van der Waals surface area contributed by atoms with E-state index in [2.05, 4.69) is 0 Å². The van der Waals surface area contributed by atoms with Gasteiger partial charge in [-0.05, 0) is 19.8 Å². The molecule has 0 aliphatic rings. The highest BCUT2D eigenvalue weighted by Gasteiger charge is 2.33. The summed E-state index contributed by atoms with van der Waals surface area (Å²) in [4.78, 5) is 0. The molecule has 1 unspecified atom stereocenters. The summed E-state index contributed by atoms with van der Waals surface area (Å²) in [5.74, 6) is 2.10. The van der Waals surface area contributed by atoms with Crippen LogP contribution in [0.25, 0.3) is 0 Å². The standard InChI is InChI=1S/C10H21N2O2P/c1-6-12(10(4)5)15(13,8-11)14-7-9(2)3/h9-10H,6-7H2,1-5H3. The van der Waals surface area contributed by atoms with Crippen molar-refractivity contribution < 1.29 is 9.09 Å². The second-order valence-electron chi connectivity index (χ2n) is 4.16. The van der Waals surface area contributed by atoms with Crippen molar-refractivity contribution in [3.05, 3.63) is 0 Å². The van der Waals surface area contributed by atoms with Crippen molar-refractivity contribution >= 4 is 7.52 Å². The van der Waals surface area contributed by atoms with Crippen LogP contribution in [0.5, 0.6) is 0 Å². The first-order chi connectivity index (χ1) is 6.87. The predicted octanol–water partition coefficient (Wildman–Crippen LogP) is 3.06. The van der Waals surface area contributed by atoms with Crippen LogP contribution in [-0.2, 0) is 9.09 Å². The van der Waals surface area contributed by atoms with Gasteiger partial charge in [-0.1, -0.05) is 20.8 Å². The van der Waals surface area contributed by atoms with Gasteiger partial charge in [0.1, 0.15) is 0 Å². The minimum atomic E-state index is -3.28. The third-order valence-corrected chi connectivity index (χ3v) is 4.14. The van der Waals surface area contributed by atoms with Crippen LogP contribution in [0.2, 0.25) is 0 Å². The van der Waals surface area contributed by atoms with E-state index in [1.807, 2.05) is 40.4 Å². The quantitative estimate of drug-likeness (QED) is 0.660. The van der Waals surface area contributed by atoms with Crippen LogP contribution >= 0.6 is 7.52 Å². The average Bonchev–Trinajstić information content (AvgIpc) is 2.15. The molecule has 0 heterocycles. The molecule has 0 aromatic rings. The second kappa shape index (κ2) is 6.27. The van der Waals surface area contributed by atoms with Gasteiger partial charge in [0.25, 0.3) is 0 Å². The third kappa shape index (κ3) is 4.34. The van der Waals surface area contributed by atoms with Gasteiger partial charge >= 0.3 is 7.52 Å². The van der Waals surface area contributed by atoms with Gasteiger partial charge in [-0.15, -0.1) is 0 Å². The molecule has 0 aromatic heterocycles. The Hall–Kier alpha value is -0.360. The molecule has 0 rings (SSSR count). The number of nitriles is 1. The Labute approximate surface area is 92.7 Å². The van der Waals surface area contributed by atoms with E-state index in [0.29, 0.717) is 13.2 Å². The highest BCUT2D eigenvalue weighted by atomic mass is 31.2. The van der Waals surface area contributed by atoms with Crippen molar-refractivity contribution in [1.29, 1.82) is 5.26 Å². The van der Waals surface area contributed by atoms with E-state index in [0.717, 1.165) is 0 Å². The van der Waals surface area contributed by atoms with Gasteiger partial charge in [0.2, 0.25) is 0 Å². The molecule has 5 heteroatoms. The van der Waals surface area contributed by atoms with Crippen molar-refractivity contribution in [2.24, 2.45) is 5.92 Å². The molecule has 0 aliphatic heterocycles. The molecule has 1 atom stereocenters. The summed E-state index contributed by atoms with van der Waals surface area (Å²) in [7, 11) is -3.28. The van der Waals surface area contributed by atoms with Gasteiger partial charge in [0, 0.05) is 12.6 Å². The third-order valence-electron chi connectivity index (χ3n) is 1.97. The van der Waals surface area contributed by atoms with Crippen LogP contribution in [0, 0.1) is 17.0 Å². The lowest BCUT2D eigenvalue weighted by Crippen LogP contribution is -2.28. The maximum absolute atomic E-state index is 12.2.